The van der Waals surface area contributed by atoms with Crippen molar-refractivity contribution in [3.05, 3.63) is 62.5 Å². The molecule has 6 rings (SSSR count). The van der Waals surface area contributed by atoms with Gasteiger partial charge >= 0.3 is 18.0 Å². The standard InChI is InChI=1S/C28H30ClFN6O5S/c1-2-41-26(39)21-19(32-24(25-31-8-11-42-25)33-23(21)17-4-3-5-18(30)22(17)29)15-34-9-10-35-16(13-34)14-36(27(35)40)28(6-7-28)12-20(37)38/h3-5,8,11,16,23H,2,6-7,9-10,12-15H2,1H3,(H,32,33)(H,37,38)/t16-,23-/m0/s1. The number of esters is 1. The number of carbonyl (C=O) groups excluding carboxylic acids is 2. The van der Waals surface area contributed by atoms with Gasteiger partial charge < -0.3 is 25.0 Å². The van der Waals surface area contributed by atoms with Gasteiger partial charge in [-0.05, 0) is 25.8 Å². The molecule has 1 aromatic carbocycles. The maximum Gasteiger partial charge on any atom is 0.338 e. The molecule has 0 radical (unpaired) electrons. The first-order chi connectivity index (χ1) is 20.2. The number of fused-ring (bicyclic) bond motifs is 1. The number of aliphatic carboxylic acids is 1. The molecule has 0 spiro atoms. The van der Waals surface area contributed by atoms with E-state index in [0.29, 0.717) is 67.7 Å². The van der Waals surface area contributed by atoms with Crippen LogP contribution in [-0.2, 0) is 14.3 Å². The summed E-state index contributed by atoms with van der Waals surface area (Å²) in [5.41, 5.74) is 0.516. The molecule has 14 heteroatoms. The molecule has 0 unspecified atom stereocenters. The van der Waals surface area contributed by atoms with Crippen molar-refractivity contribution in [2.45, 2.75) is 43.8 Å². The number of halogens is 2. The number of piperazine rings is 1. The SMILES string of the molecule is CCOC(=O)C1=C(CN2CCN3C(=O)N(C4(CC(=O)O)CC4)C[C@@H]3C2)NC(c2nccs2)=N[C@H]1c1cccc(F)c1Cl. The van der Waals surface area contributed by atoms with E-state index in [-0.39, 0.29) is 35.7 Å². The number of amidine groups is 1. The highest BCUT2D eigenvalue weighted by Gasteiger charge is 2.56. The van der Waals surface area contributed by atoms with E-state index in [9.17, 15) is 23.9 Å². The van der Waals surface area contributed by atoms with E-state index in [0.717, 1.165) is 0 Å². The molecule has 222 valence electrons. The third-order valence-electron chi connectivity index (χ3n) is 8.23. The maximum atomic E-state index is 14.6. The highest BCUT2D eigenvalue weighted by Crippen LogP contribution is 2.47. The van der Waals surface area contributed by atoms with Gasteiger partial charge in [0.2, 0.25) is 0 Å². The van der Waals surface area contributed by atoms with Gasteiger partial charge in [-0.3, -0.25) is 14.7 Å². The zero-order valence-electron chi connectivity index (χ0n) is 22.9. The topological polar surface area (TPSA) is 128 Å². The van der Waals surface area contributed by atoms with Crippen molar-refractivity contribution in [3.8, 4) is 0 Å². The van der Waals surface area contributed by atoms with Gasteiger partial charge in [-0.25, -0.2) is 19.0 Å². The highest BCUT2D eigenvalue weighted by molar-refractivity contribution is 7.11. The first kappa shape index (κ1) is 28.6. The van der Waals surface area contributed by atoms with Crippen molar-refractivity contribution in [2.75, 3.05) is 39.3 Å². The van der Waals surface area contributed by atoms with Crippen LogP contribution in [0, 0.1) is 5.82 Å². The van der Waals surface area contributed by atoms with Crippen molar-refractivity contribution in [3.63, 3.8) is 0 Å². The number of benzene rings is 1. The molecule has 2 amide bonds. The minimum atomic E-state index is -0.932. The van der Waals surface area contributed by atoms with Gasteiger partial charge in [-0.1, -0.05) is 23.7 Å². The number of urea groups is 1. The number of carbonyl (C=O) groups is 3. The largest absolute Gasteiger partial charge is 0.481 e. The van der Waals surface area contributed by atoms with Gasteiger partial charge in [0.25, 0.3) is 0 Å². The Bertz CT molecular complexity index is 1480. The van der Waals surface area contributed by atoms with E-state index in [4.69, 9.17) is 21.3 Å². The molecule has 2 N–H and O–H groups in total. The summed E-state index contributed by atoms with van der Waals surface area (Å²) in [6, 6.07) is 3.26. The molecule has 4 heterocycles. The quantitative estimate of drug-likeness (QED) is 0.411. The number of hydrogen-bond donors (Lipinski definition) is 2. The summed E-state index contributed by atoms with van der Waals surface area (Å²) < 4.78 is 20.0. The summed E-state index contributed by atoms with van der Waals surface area (Å²) in [4.78, 5) is 53.0. The van der Waals surface area contributed by atoms with Gasteiger partial charge in [0.15, 0.2) is 10.8 Å². The zero-order chi connectivity index (χ0) is 29.6. The predicted octanol–water partition coefficient (Wildman–Crippen LogP) is 3.27. The molecule has 4 aliphatic rings. The second-order valence-corrected chi connectivity index (χ2v) is 12.1. The van der Waals surface area contributed by atoms with Gasteiger partial charge in [-0.2, -0.15) is 0 Å². The van der Waals surface area contributed by atoms with Crippen molar-refractivity contribution >= 4 is 46.7 Å². The van der Waals surface area contributed by atoms with Crippen LogP contribution in [0.3, 0.4) is 0 Å². The first-order valence-electron chi connectivity index (χ1n) is 13.8. The fourth-order valence-corrected chi connectivity index (χ4v) is 6.90. The van der Waals surface area contributed by atoms with Gasteiger partial charge in [-0.15, -0.1) is 11.3 Å². The number of aromatic nitrogens is 1. The monoisotopic (exact) mass is 616 g/mol. The van der Waals surface area contributed by atoms with E-state index in [1.807, 2.05) is 10.3 Å². The number of nitrogens with zero attached hydrogens (tertiary/aromatic N) is 5. The summed E-state index contributed by atoms with van der Waals surface area (Å²) in [5, 5.41) is 15.0. The van der Waals surface area contributed by atoms with E-state index < -0.39 is 29.3 Å². The number of hydrogen-bond acceptors (Lipinski definition) is 9. The van der Waals surface area contributed by atoms with Crippen LogP contribution < -0.4 is 5.32 Å². The van der Waals surface area contributed by atoms with Crippen LogP contribution in [0.15, 0.2) is 46.0 Å². The minimum Gasteiger partial charge on any atom is -0.481 e. The smallest absolute Gasteiger partial charge is 0.338 e. The number of amides is 2. The number of nitrogens with one attached hydrogen (secondary N) is 1. The molecule has 2 aromatic rings. The summed E-state index contributed by atoms with van der Waals surface area (Å²) in [5.74, 6) is -1.67. The Hall–Kier alpha value is -3.55. The van der Waals surface area contributed by atoms with Crippen molar-refractivity contribution in [1.82, 2.24) is 25.0 Å². The molecule has 1 aromatic heterocycles. The van der Waals surface area contributed by atoms with E-state index in [1.54, 1.807) is 24.1 Å². The molecule has 0 bridgehead atoms. The summed E-state index contributed by atoms with van der Waals surface area (Å²) in [7, 11) is 0. The number of ether oxygens (including phenoxy) is 1. The number of rotatable bonds is 9. The molecule has 1 saturated carbocycles. The summed E-state index contributed by atoms with van der Waals surface area (Å²) in [6.45, 7) is 4.15. The molecule has 3 fully saturated rings. The molecular formula is C28H30ClFN6O5S. The molecule has 2 saturated heterocycles. The van der Waals surface area contributed by atoms with Gasteiger partial charge in [0, 0.05) is 55.6 Å². The summed E-state index contributed by atoms with van der Waals surface area (Å²) >= 11 is 7.78. The molecular weight excluding hydrogens is 587 g/mol. The normalized spacial score (nSPS) is 23.4. The second-order valence-electron chi connectivity index (χ2n) is 10.9. The number of carboxylic acids is 1. The molecule has 1 aliphatic carbocycles. The molecule has 2 atom stereocenters. The lowest BCUT2D eigenvalue weighted by molar-refractivity contribution is -0.139. The lowest BCUT2D eigenvalue weighted by Gasteiger charge is -2.38. The Balaban J connectivity index is 1.31. The fourth-order valence-electron chi connectivity index (χ4n) is 6.08. The van der Waals surface area contributed by atoms with Crippen LogP contribution in [0.4, 0.5) is 9.18 Å². The van der Waals surface area contributed by atoms with Gasteiger partial charge in [0.1, 0.15) is 11.9 Å². The first-order valence-corrected chi connectivity index (χ1v) is 15.1. The van der Waals surface area contributed by atoms with Crippen molar-refractivity contribution < 1.29 is 28.6 Å². The second kappa shape index (κ2) is 11.3. The Kier molecular flexibility index (Phi) is 7.66. The van der Waals surface area contributed by atoms with E-state index >= 15 is 0 Å². The van der Waals surface area contributed by atoms with Crippen LogP contribution >= 0.6 is 22.9 Å². The number of carboxylic acid groups (broad SMARTS) is 1. The average molecular weight is 617 g/mol. The van der Waals surface area contributed by atoms with E-state index in [2.05, 4.69) is 15.2 Å². The zero-order valence-corrected chi connectivity index (χ0v) is 24.5. The lowest BCUT2D eigenvalue weighted by Crippen LogP contribution is -2.53. The fraction of sp³-hybridized carbons (Fsp3) is 0.464. The summed E-state index contributed by atoms with van der Waals surface area (Å²) in [6.07, 6.45) is 2.99. The maximum absolute atomic E-state index is 14.6. The third-order valence-corrected chi connectivity index (χ3v) is 9.41. The van der Waals surface area contributed by atoms with Crippen LogP contribution in [0.2, 0.25) is 5.02 Å². The van der Waals surface area contributed by atoms with Crippen molar-refractivity contribution in [2.24, 2.45) is 4.99 Å². The predicted molar refractivity (Wildman–Crippen MR) is 153 cm³/mol. The Morgan fingerprint density at radius 1 is 1.29 bits per heavy atom. The van der Waals surface area contributed by atoms with Crippen LogP contribution in [0.25, 0.3) is 0 Å². The Morgan fingerprint density at radius 2 is 2.10 bits per heavy atom. The van der Waals surface area contributed by atoms with Crippen LogP contribution in [0.1, 0.15) is 42.8 Å². The molecule has 3 aliphatic heterocycles. The third kappa shape index (κ3) is 5.25. The van der Waals surface area contributed by atoms with Crippen molar-refractivity contribution in [1.29, 1.82) is 0 Å². The average Bonchev–Trinajstić information content (AvgIpc) is 3.36. The molecule has 42 heavy (non-hydrogen) atoms. The van der Waals surface area contributed by atoms with Crippen LogP contribution in [0.5, 0.6) is 0 Å². The van der Waals surface area contributed by atoms with Crippen LogP contribution in [-0.4, -0.2) is 99.5 Å². The number of aliphatic imine (C=N–C) groups is 1. The lowest BCUT2D eigenvalue weighted by atomic mass is 9.95. The highest BCUT2D eigenvalue weighted by atomic mass is 35.5. The Morgan fingerprint density at radius 3 is 2.79 bits per heavy atom. The molecule has 11 nitrogen and oxygen atoms in total. The van der Waals surface area contributed by atoms with Gasteiger partial charge in [0.05, 0.1) is 35.2 Å². The minimum absolute atomic E-state index is 0.0500. The van der Waals surface area contributed by atoms with E-state index in [1.165, 1.54) is 23.5 Å². The number of thiazole rings is 1. The Labute approximate surface area is 250 Å².